The third-order valence-corrected chi connectivity index (χ3v) is 11.7. The third kappa shape index (κ3) is 32.6. The Balaban J connectivity index is 2.70. The Morgan fingerprint density at radius 2 is 1.07 bits per heavy atom. The van der Waals surface area contributed by atoms with Crippen LogP contribution in [0.2, 0.25) is 0 Å². The lowest BCUT2D eigenvalue weighted by atomic mass is 9.85. The summed E-state index contributed by atoms with van der Waals surface area (Å²) < 4.78 is 49.2. The predicted octanol–water partition coefficient (Wildman–Crippen LogP) is 8.14. The lowest BCUT2D eigenvalue weighted by Crippen LogP contribution is -2.64. The van der Waals surface area contributed by atoms with Gasteiger partial charge in [-0.25, -0.2) is 9.13 Å². The smallest absolute Gasteiger partial charge is 0.462 e. The van der Waals surface area contributed by atoms with Crippen molar-refractivity contribution in [2.24, 2.45) is 0 Å². The summed E-state index contributed by atoms with van der Waals surface area (Å²) in [6, 6.07) is 0. The van der Waals surface area contributed by atoms with Crippen LogP contribution in [0.4, 0.5) is 0 Å². The van der Waals surface area contributed by atoms with E-state index in [1.165, 1.54) is 19.3 Å². The van der Waals surface area contributed by atoms with E-state index in [1.807, 2.05) is 12.2 Å². The molecule has 0 aliphatic heterocycles. The molecule has 1 aliphatic rings. The van der Waals surface area contributed by atoms with Gasteiger partial charge in [-0.1, -0.05) is 137 Å². The maximum Gasteiger partial charge on any atom is 0.472 e. The van der Waals surface area contributed by atoms with Crippen molar-refractivity contribution in [3.8, 4) is 0 Å². The topological polar surface area (TPSA) is 276 Å². The number of ether oxygens (including phenoxy) is 2. The summed E-state index contributed by atoms with van der Waals surface area (Å²) in [7, 11) is -10.8. The summed E-state index contributed by atoms with van der Waals surface area (Å²) in [5.41, 5.74) is 0. The molecule has 0 heterocycles. The number of aliphatic hydroxyl groups excluding tert-OH is 5. The summed E-state index contributed by atoms with van der Waals surface area (Å²) in [4.78, 5) is 54.3. The molecule has 68 heavy (non-hydrogen) atoms. The molecule has 0 aromatic carbocycles. The maximum atomic E-state index is 13.0. The molecule has 0 spiro atoms. The fraction of sp³-hybridized carbons (Fsp3) is 0.633. The van der Waals surface area contributed by atoms with Gasteiger partial charge in [0.05, 0.1) is 12.7 Å². The van der Waals surface area contributed by atoms with Gasteiger partial charge in [-0.2, -0.15) is 0 Å². The minimum Gasteiger partial charge on any atom is -0.462 e. The highest BCUT2D eigenvalue weighted by Gasteiger charge is 2.54. The first kappa shape index (κ1) is 62.9. The molecule has 388 valence electrons. The molecule has 0 aromatic rings. The monoisotopic (exact) mass is 1000 g/mol. The van der Waals surface area contributed by atoms with E-state index in [2.05, 4.69) is 91.3 Å². The van der Waals surface area contributed by atoms with Crippen molar-refractivity contribution in [3.05, 3.63) is 97.2 Å². The zero-order valence-corrected chi connectivity index (χ0v) is 41.6. The van der Waals surface area contributed by atoms with Gasteiger partial charge in [-0.15, -0.1) is 0 Å². The van der Waals surface area contributed by atoms with Crippen LogP contribution in [-0.4, -0.2) is 114 Å². The molecular formula is C49H80O17P2. The van der Waals surface area contributed by atoms with Crippen LogP contribution in [0.5, 0.6) is 0 Å². The van der Waals surface area contributed by atoms with Crippen molar-refractivity contribution in [1.29, 1.82) is 0 Å². The Morgan fingerprint density at radius 1 is 0.559 bits per heavy atom. The van der Waals surface area contributed by atoms with E-state index in [9.17, 15) is 58.9 Å². The normalized spacial score (nSPS) is 22.6. The highest BCUT2D eigenvalue weighted by molar-refractivity contribution is 7.47. The molecule has 1 fully saturated rings. The van der Waals surface area contributed by atoms with Crippen LogP contribution < -0.4 is 0 Å². The number of phosphoric ester groups is 2. The van der Waals surface area contributed by atoms with E-state index in [0.29, 0.717) is 12.8 Å². The molecule has 5 unspecified atom stereocenters. The fourth-order valence-corrected chi connectivity index (χ4v) is 8.07. The number of allylic oxidation sites excluding steroid dienone is 15. The molecule has 19 heteroatoms. The van der Waals surface area contributed by atoms with Gasteiger partial charge < -0.3 is 49.7 Å². The van der Waals surface area contributed by atoms with E-state index < -0.39 is 89.6 Å². The second-order valence-corrected chi connectivity index (χ2v) is 18.9. The molecule has 17 nitrogen and oxygen atoms in total. The van der Waals surface area contributed by atoms with Crippen molar-refractivity contribution in [2.45, 2.75) is 185 Å². The standard InChI is InChI=1S/C49H80O17P2/c1-3-5-7-9-11-13-15-17-18-19-20-22-24-26-28-30-32-36-43(52)64-41(39-63-68(60,61)66-49-46(55)44(53)45(54)48(47(49)56)65-67(57,58)59)38-62-42(51)37-33-35-40(50)34-31-29-27-25-23-21-16-14-12-10-8-6-4-2/h5,7,11-14,17-18,20-23,27,29,31,34,40-41,44-50,53-56H,3-4,6,8-10,15-16,19,24-26,28,30,32-33,35-39H2,1-2H3,(H,60,61)(H2,57,58,59)/b7-5-,13-11-,14-12-,18-17-,22-20-,23-21-,29-27-,34-31+/t40-,41-,44?,45?,46?,47?,48-,49+/m1/s1. The molecule has 8 N–H and O–H groups in total. The average Bonchev–Trinajstić information content (AvgIpc) is 3.29. The number of unbranched alkanes of at least 4 members (excludes halogenated alkanes) is 7. The SMILES string of the molecule is CC/C=C\C/C=C\C/C=C\C/C=C\CCCCCCC(=O)O[C@H](COC(=O)CCC[C@H](O)/C=C/C=C\C/C=C\C/C=C\CCCCC)COP(=O)(O)O[C@H]1C(O)C(O)C(O)[C@@H](OP(=O)(O)O)C1O. The summed E-state index contributed by atoms with van der Waals surface area (Å²) >= 11 is 0. The quantitative estimate of drug-likeness (QED) is 0.00953. The summed E-state index contributed by atoms with van der Waals surface area (Å²) in [5, 5.41) is 51.6. The van der Waals surface area contributed by atoms with Crippen LogP contribution in [0.25, 0.3) is 0 Å². The number of esters is 2. The highest BCUT2D eigenvalue weighted by atomic mass is 31.2. The lowest BCUT2D eigenvalue weighted by molar-refractivity contribution is -0.216. The second-order valence-electron chi connectivity index (χ2n) is 16.3. The van der Waals surface area contributed by atoms with Gasteiger partial charge in [0.1, 0.15) is 43.2 Å². The van der Waals surface area contributed by atoms with Crippen LogP contribution in [-0.2, 0) is 41.8 Å². The summed E-state index contributed by atoms with van der Waals surface area (Å²) in [6.45, 7) is 2.77. The lowest BCUT2D eigenvalue weighted by Gasteiger charge is -2.43. The number of hydrogen-bond acceptors (Lipinski definition) is 14. The molecular weight excluding hydrogens is 922 g/mol. The largest absolute Gasteiger partial charge is 0.472 e. The zero-order valence-electron chi connectivity index (χ0n) is 39.9. The van der Waals surface area contributed by atoms with Gasteiger partial charge in [0.25, 0.3) is 0 Å². The van der Waals surface area contributed by atoms with E-state index >= 15 is 0 Å². The van der Waals surface area contributed by atoms with Gasteiger partial charge in [0.15, 0.2) is 6.10 Å². The van der Waals surface area contributed by atoms with E-state index in [-0.39, 0.29) is 25.7 Å². The van der Waals surface area contributed by atoms with Crippen LogP contribution in [0, 0.1) is 0 Å². The number of hydrogen-bond donors (Lipinski definition) is 8. The van der Waals surface area contributed by atoms with E-state index in [1.54, 1.807) is 12.2 Å². The summed E-state index contributed by atoms with van der Waals surface area (Å²) in [5.74, 6) is -1.45. The van der Waals surface area contributed by atoms with Crippen molar-refractivity contribution >= 4 is 27.6 Å². The fourth-order valence-electron chi connectivity index (χ4n) is 6.53. The molecule has 0 amide bonds. The second kappa shape index (κ2) is 38.6. The van der Waals surface area contributed by atoms with Gasteiger partial charge >= 0.3 is 27.6 Å². The predicted molar refractivity (Wildman–Crippen MR) is 261 cm³/mol. The molecule has 0 bridgehead atoms. The number of phosphoric acid groups is 2. The first-order valence-electron chi connectivity index (χ1n) is 23.9. The Hall–Kier alpha value is -3.12. The Morgan fingerprint density at radius 3 is 1.65 bits per heavy atom. The van der Waals surface area contributed by atoms with Crippen LogP contribution in [0.15, 0.2) is 97.2 Å². The first-order valence-corrected chi connectivity index (χ1v) is 26.9. The van der Waals surface area contributed by atoms with Gasteiger partial charge in [-0.3, -0.25) is 23.2 Å². The molecule has 0 saturated heterocycles. The Labute approximate surface area is 403 Å². The van der Waals surface area contributed by atoms with Gasteiger partial charge in [0.2, 0.25) is 0 Å². The minimum absolute atomic E-state index is 0.0303. The molecule has 9 atom stereocenters. The molecule has 1 aliphatic carbocycles. The zero-order chi connectivity index (χ0) is 50.5. The van der Waals surface area contributed by atoms with E-state index in [4.69, 9.17) is 18.5 Å². The van der Waals surface area contributed by atoms with Gasteiger partial charge in [0, 0.05) is 12.8 Å². The third-order valence-electron chi connectivity index (χ3n) is 10.2. The number of carbonyl (C=O) groups excluding carboxylic acids is 2. The number of carbonyl (C=O) groups is 2. The molecule has 1 rings (SSSR count). The van der Waals surface area contributed by atoms with Crippen LogP contribution >= 0.6 is 15.6 Å². The molecule has 1 saturated carbocycles. The van der Waals surface area contributed by atoms with E-state index in [0.717, 1.165) is 64.2 Å². The Bertz CT molecular complexity index is 1700. The average molecular weight is 1000 g/mol. The molecule has 0 radical (unpaired) electrons. The highest BCUT2D eigenvalue weighted by Crippen LogP contribution is 2.49. The molecule has 0 aromatic heterocycles. The van der Waals surface area contributed by atoms with Crippen molar-refractivity contribution in [3.63, 3.8) is 0 Å². The summed E-state index contributed by atoms with van der Waals surface area (Å²) in [6.07, 6.45) is 30.9. The van der Waals surface area contributed by atoms with Gasteiger partial charge in [-0.05, 0) is 83.5 Å². The number of aliphatic hydroxyl groups is 5. The van der Waals surface area contributed by atoms with Crippen molar-refractivity contribution in [1.82, 2.24) is 0 Å². The van der Waals surface area contributed by atoms with Crippen LogP contribution in [0.1, 0.15) is 136 Å². The minimum atomic E-state index is -5.39. The maximum absolute atomic E-state index is 13.0. The van der Waals surface area contributed by atoms with Crippen molar-refractivity contribution in [2.75, 3.05) is 13.2 Å². The Kier molecular flexibility index (Phi) is 35.7. The van der Waals surface area contributed by atoms with Crippen LogP contribution in [0.3, 0.4) is 0 Å². The number of rotatable bonds is 38. The first-order chi connectivity index (χ1) is 32.5. The van der Waals surface area contributed by atoms with Crippen molar-refractivity contribution < 1.29 is 82.0 Å².